The monoisotopic (exact) mass is 489 g/mol. The molecule has 0 bridgehead atoms. The molecule has 1 heterocycles. The number of methoxy groups -OCH3 is 2. The molecule has 4 amide bonds. The normalized spacial score (nSPS) is 16.9. The zero-order valence-corrected chi connectivity index (χ0v) is 20.5. The maximum Gasteiger partial charge on any atom is 0.325 e. The number of benzene rings is 3. The van der Waals surface area contributed by atoms with Crippen LogP contribution in [0.3, 0.4) is 0 Å². The number of ether oxygens (including phenoxy) is 3. The van der Waals surface area contributed by atoms with E-state index >= 15 is 0 Å². The van der Waals surface area contributed by atoms with E-state index in [1.165, 1.54) is 14.2 Å². The lowest BCUT2D eigenvalue weighted by atomic mass is 9.91. The minimum atomic E-state index is -1.37. The van der Waals surface area contributed by atoms with Crippen LogP contribution in [-0.4, -0.2) is 43.5 Å². The van der Waals surface area contributed by atoms with E-state index in [1.54, 1.807) is 49.4 Å². The molecule has 1 unspecified atom stereocenters. The topological polar surface area (TPSA) is 106 Å². The van der Waals surface area contributed by atoms with Crippen LogP contribution in [0.1, 0.15) is 18.1 Å². The Kier molecular flexibility index (Phi) is 6.82. The SMILES string of the molecule is COc1ccc(C2(C)NC(=O)N(CC(=O)Nc3ccccc3Oc3ccc(C)cc3)C2=O)cc1OC. The van der Waals surface area contributed by atoms with Gasteiger partial charge in [0.05, 0.1) is 19.9 Å². The number of nitrogens with one attached hydrogen (secondary N) is 2. The third-order valence-corrected chi connectivity index (χ3v) is 5.95. The summed E-state index contributed by atoms with van der Waals surface area (Å²) in [7, 11) is 2.99. The summed E-state index contributed by atoms with van der Waals surface area (Å²) in [5.74, 6) is 0.849. The molecule has 4 rings (SSSR count). The van der Waals surface area contributed by atoms with E-state index in [0.29, 0.717) is 34.2 Å². The van der Waals surface area contributed by atoms with E-state index in [0.717, 1.165) is 10.5 Å². The standard InChI is InChI=1S/C27H27N3O6/c1-17-9-12-19(13-10-17)36-21-8-6-5-7-20(21)28-24(31)16-30-25(32)27(2,29-26(30)33)18-11-14-22(34-3)23(15-18)35-4/h5-15H,16H2,1-4H3,(H,28,31)(H,29,33). The Morgan fingerprint density at radius 2 is 1.64 bits per heavy atom. The molecule has 3 aromatic rings. The van der Waals surface area contributed by atoms with Gasteiger partial charge >= 0.3 is 6.03 Å². The molecule has 3 aromatic carbocycles. The van der Waals surface area contributed by atoms with Crippen LogP contribution in [0.25, 0.3) is 0 Å². The quantitative estimate of drug-likeness (QED) is 0.459. The fourth-order valence-corrected chi connectivity index (χ4v) is 3.91. The van der Waals surface area contributed by atoms with Crippen LogP contribution < -0.4 is 24.8 Å². The lowest BCUT2D eigenvalue weighted by Gasteiger charge is -2.23. The summed E-state index contributed by atoms with van der Waals surface area (Å²) in [5.41, 5.74) is 0.636. The highest BCUT2D eigenvalue weighted by Crippen LogP contribution is 2.35. The number of amides is 4. The van der Waals surface area contributed by atoms with Gasteiger partial charge in [-0.3, -0.25) is 14.5 Å². The Morgan fingerprint density at radius 3 is 2.33 bits per heavy atom. The van der Waals surface area contributed by atoms with Gasteiger partial charge in [-0.05, 0) is 55.8 Å². The number of urea groups is 1. The molecule has 0 spiro atoms. The minimum Gasteiger partial charge on any atom is -0.493 e. The van der Waals surface area contributed by atoms with Crippen molar-refractivity contribution in [2.24, 2.45) is 0 Å². The van der Waals surface area contributed by atoms with Crippen molar-refractivity contribution in [2.75, 3.05) is 26.1 Å². The van der Waals surface area contributed by atoms with Gasteiger partial charge in [0.25, 0.3) is 5.91 Å². The Labute approximate surface area is 209 Å². The van der Waals surface area contributed by atoms with Crippen molar-refractivity contribution in [1.82, 2.24) is 10.2 Å². The van der Waals surface area contributed by atoms with E-state index in [9.17, 15) is 14.4 Å². The van der Waals surface area contributed by atoms with E-state index in [4.69, 9.17) is 14.2 Å². The molecule has 9 nitrogen and oxygen atoms in total. The van der Waals surface area contributed by atoms with Gasteiger partial charge in [0.1, 0.15) is 17.8 Å². The molecule has 1 saturated heterocycles. The maximum atomic E-state index is 13.3. The Hall–Kier alpha value is -4.53. The Bertz CT molecular complexity index is 1310. The molecule has 1 atom stereocenters. The predicted molar refractivity (Wildman–Crippen MR) is 133 cm³/mol. The summed E-state index contributed by atoms with van der Waals surface area (Å²) in [6, 6.07) is 18.7. The average Bonchev–Trinajstić information content (AvgIpc) is 3.09. The van der Waals surface area contributed by atoms with Gasteiger partial charge in [0, 0.05) is 0 Å². The first-order valence-electron chi connectivity index (χ1n) is 11.2. The molecule has 36 heavy (non-hydrogen) atoms. The summed E-state index contributed by atoms with van der Waals surface area (Å²) in [4.78, 5) is 39.7. The number of carbonyl (C=O) groups excluding carboxylic acids is 3. The molecular formula is C27H27N3O6. The lowest BCUT2D eigenvalue weighted by Crippen LogP contribution is -2.42. The molecule has 1 fully saturated rings. The number of nitrogens with zero attached hydrogens (tertiary/aromatic N) is 1. The van der Waals surface area contributed by atoms with E-state index < -0.39 is 29.9 Å². The second-order valence-corrected chi connectivity index (χ2v) is 8.48. The fourth-order valence-electron chi connectivity index (χ4n) is 3.91. The molecule has 0 aliphatic carbocycles. The minimum absolute atomic E-state index is 0.415. The highest BCUT2D eigenvalue weighted by Gasteiger charge is 2.49. The van der Waals surface area contributed by atoms with Gasteiger partial charge in [0.2, 0.25) is 5.91 Å². The summed E-state index contributed by atoms with van der Waals surface area (Å²) >= 11 is 0. The van der Waals surface area contributed by atoms with Gasteiger partial charge in [-0.25, -0.2) is 4.79 Å². The molecular weight excluding hydrogens is 462 g/mol. The zero-order chi connectivity index (χ0) is 25.9. The first-order valence-corrected chi connectivity index (χ1v) is 11.2. The summed E-state index contributed by atoms with van der Waals surface area (Å²) in [6.07, 6.45) is 0. The molecule has 9 heteroatoms. The van der Waals surface area contributed by atoms with Gasteiger partial charge < -0.3 is 24.8 Å². The van der Waals surface area contributed by atoms with Crippen LogP contribution >= 0.6 is 0 Å². The molecule has 0 aromatic heterocycles. The van der Waals surface area contributed by atoms with Crippen LogP contribution in [-0.2, 0) is 15.1 Å². The van der Waals surface area contributed by atoms with Crippen molar-refractivity contribution in [3.05, 3.63) is 77.9 Å². The van der Waals surface area contributed by atoms with Crippen molar-refractivity contribution in [3.63, 3.8) is 0 Å². The largest absolute Gasteiger partial charge is 0.493 e. The molecule has 186 valence electrons. The number of imide groups is 1. The van der Waals surface area contributed by atoms with Crippen molar-refractivity contribution in [3.8, 4) is 23.0 Å². The molecule has 0 saturated carbocycles. The van der Waals surface area contributed by atoms with Crippen LogP contribution in [0.5, 0.6) is 23.0 Å². The third-order valence-electron chi connectivity index (χ3n) is 5.95. The lowest BCUT2D eigenvalue weighted by molar-refractivity contribution is -0.133. The molecule has 0 radical (unpaired) electrons. The van der Waals surface area contributed by atoms with Crippen molar-refractivity contribution < 1.29 is 28.6 Å². The van der Waals surface area contributed by atoms with Crippen LogP contribution in [0.2, 0.25) is 0 Å². The smallest absolute Gasteiger partial charge is 0.325 e. The number of aryl methyl sites for hydroxylation is 1. The van der Waals surface area contributed by atoms with E-state index in [-0.39, 0.29) is 0 Å². The average molecular weight is 490 g/mol. The summed E-state index contributed by atoms with van der Waals surface area (Å²) < 4.78 is 16.5. The predicted octanol–water partition coefficient (Wildman–Crippen LogP) is 4.21. The van der Waals surface area contributed by atoms with E-state index in [2.05, 4.69) is 10.6 Å². The number of anilines is 1. The second kappa shape index (κ2) is 9.99. The zero-order valence-electron chi connectivity index (χ0n) is 20.5. The summed E-state index contributed by atoms with van der Waals surface area (Å²) in [5, 5.41) is 5.43. The van der Waals surface area contributed by atoms with Gasteiger partial charge in [0.15, 0.2) is 17.2 Å². The van der Waals surface area contributed by atoms with E-state index in [1.807, 2.05) is 31.2 Å². The maximum absolute atomic E-state index is 13.3. The third kappa shape index (κ3) is 4.81. The second-order valence-electron chi connectivity index (χ2n) is 8.48. The number of rotatable bonds is 8. The number of hydrogen-bond acceptors (Lipinski definition) is 6. The van der Waals surface area contributed by atoms with Crippen LogP contribution in [0.15, 0.2) is 66.7 Å². The van der Waals surface area contributed by atoms with Crippen molar-refractivity contribution in [2.45, 2.75) is 19.4 Å². The van der Waals surface area contributed by atoms with Crippen molar-refractivity contribution >= 4 is 23.5 Å². The Balaban J connectivity index is 1.49. The first kappa shape index (κ1) is 24.6. The first-order chi connectivity index (χ1) is 17.2. The molecule has 1 aliphatic rings. The molecule has 2 N–H and O–H groups in total. The van der Waals surface area contributed by atoms with Gasteiger partial charge in [-0.15, -0.1) is 0 Å². The number of hydrogen-bond donors (Lipinski definition) is 2. The van der Waals surface area contributed by atoms with Gasteiger partial charge in [-0.1, -0.05) is 35.9 Å². The summed E-state index contributed by atoms with van der Waals surface area (Å²) in [6.45, 7) is 3.09. The van der Waals surface area contributed by atoms with Gasteiger partial charge in [-0.2, -0.15) is 0 Å². The number of para-hydroxylation sites is 2. The number of carbonyl (C=O) groups is 3. The van der Waals surface area contributed by atoms with Crippen LogP contribution in [0.4, 0.5) is 10.5 Å². The van der Waals surface area contributed by atoms with Crippen molar-refractivity contribution in [1.29, 1.82) is 0 Å². The Morgan fingerprint density at radius 1 is 0.944 bits per heavy atom. The fraction of sp³-hybridized carbons (Fsp3) is 0.222. The molecule has 1 aliphatic heterocycles. The van der Waals surface area contributed by atoms with Crippen LogP contribution in [0, 0.1) is 6.92 Å². The highest BCUT2D eigenvalue weighted by molar-refractivity contribution is 6.10. The highest BCUT2D eigenvalue weighted by atomic mass is 16.5.